The molecule has 3 nitrogen and oxygen atoms in total. The van der Waals surface area contributed by atoms with Crippen molar-refractivity contribution < 1.29 is 4.74 Å². The Kier molecular flexibility index (Phi) is 5.26. The van der Waals surface area contributed by atoms with Crippen molar-refractivity contribution in [3.8, 4) is 5.75 Å². The van der Waals surface area contributed by atoms with Crippen LogP contribution >= 0.6 is 0 Å². The fraction of sp³-hybridized carbons (Fsp3) is 0.615. The third kappa shape index (κ3) is 4.19. The lowest BCUT2D eigenvalue weighted by Crippen LogP contribution is -2.09. The average molecular weight is 222 g/mol. The van der Waals surface area contributed by atoms with Gasteiger partial charge in [-0.3, -0.25) is 4.98 Å². The minimum absolute atomic E-state index is 0.677. The van der Waals surface area contributed by atoms with Crippen LogP contribution < -0.4 is 10.1 Å². The highest BCUT2D eigenvalue weighted by Crippen LogP contribution is 2.19. The molecule has 0 saturated heterocycles. The van der Waals surface area contributed by atoms with E-state index >= 15 is 0 Å². The molecule has 0 aliphatic carbocycles. The number of aryl methyl sites for hydroxylation is 1. The summed E-state index contributed by atoms with van der Waals surface area (Å²) in [5, 5.41) is 3.12. The first-order valence-corrected chi connectivity index (χ1v) is 5.86. The zero-order valence-electron chi connectivity index (χ0n) is 10.7. The summed E-state index contributed by atoms with van der Waals surface area (Å²) >= 11 is 0. The zero-order valence-corrected chi connectivity index (χ0v) is 10.7. The smallest absolute Gasteiger partial charge is 0.127 e. The highest BCUT2D eigenvalue weighted by atomic mass is 16.5. The van der Waals surface area contributed by atoms with Crippen LogP contribution in [0.3, 0.4) is 0 Å². The van der Waals surface area contributed by atoms with E-state index in [1.807, 2.05) is 26.2 Å². The van der Waals surface area contributed by atoms with Crippen molar-refractivity contribution in [2.24, 2.45) is 5.92 Å². The average Bonchev–Trinajstić information content (AvgIpc) is 2.21. The topological polar surface area (TPSA) is 34.2 Å². The number of nitrogens with zero attached hydrogens (tertiary/aromatic N) is 1. The summed E-state index contributed by atoms with van der Waals surface area (Å²) in [5.74, 6) is 1.64. The number of hydrogen-bond acceptors (Lipinski definition) is 3. The Labute approximate surface area is 98.2 Å². The molecule has 0 amide bonds. The molecule has 1 heterocycles. The Hall–Kier alpha value is -1.09. The summed E-state index contributed by atoms with van der Waals surface area (Å²) in [4.78, 5) is 4.28. The van der Waals surface area contributed by atoms with Gasteiger partial charge in [-0.1, -0.05) is 13.8 Å². The third-order valence-corrected chi connectivity index (χ3v) is 2.40. The molecule has 0 saturated carbocycles. The van der Waals surface area contributed by atoms with Crippen LogP contribution in [0, 0.1) is 12.8 Å². The molecule has 16 heavy (non-hydrogen) atoms. The first-order chi connectivity index (χ1) is 7.63. The predicted octanol–water partition coefficient (Wildman–Crippen LogP) is 2.53. The maximum atomic E-state index is 5.80. The molecular formula is C13H22N2O. The molecule has 0 fully saturated rings. The zero-order chi connectivity index (χ0) is 12.0. The standard InChI is InChI=1S/C13H22N2O/c1-10(2)5-6-16-13-7-11(3)15-9-12(13)8-14-4/h7,9-10,14H,5-6,8H2,1-4H3. The lowest BCUT2D eigenvalue weighted by atomic mass is 10.1. The van der Waals surface area contributed by atoms with E-state index in [9.17, 15) is 0 Å². The van der Waals surface area contributed by atoms with E-state index in [2.05, 4.69) is 24.1 Å². The normalized spacial score (nSPS) is 10.8. The van der Waals surface area contributed by atoms with Gasteiger partial charge in [0.15, 0.2) is 0 Å². The molecule has 1 rings (SSSR count). The Morgan fingerprint density at radius 1 is 1.44 bits per heavy atom. The Balaban J connectivity index is 2.64. The van der Waals surface area contributed by atoms with Crippen LogP contribution in [-0.4, -0.2) is 18.6 Å². The van der Waals surface area contributed by atoms with Crippen molar-refractivity contribution in [2.75, 3.05) is 13.7 Å². The van der Waals surface area contributed by atoms with E-state index in [0.717, 1.165) is 36.6 Å². The molecule has 0 bridgehead atoms. The molecule has 90 valence electrons. The summed E-state index contributed by atoms with van der Waals surface area (Å²) in [6, 6.07) is 2.01. The Morgan fingerprint density at radius 3 is 2.81 bits per heavy atom. The third-order valence-electron chi connectivity index (χ3n) is 2.40. The summed E-state index contributed by atoms with van der Waals surface area (Å²) in [6.07, 6.45) is 2.97. The molecule has 0 spiro atoms. The number of rotatable bonds is 6. The second-order valence-corrected chi connectivity index (χ2v) is 4.49. The van der Waals surface area contributed by atoms with E-state index in [1.54, 1.807) is 0 Å². The number of hydrogen-bond donors (Lipinski definition) is 1. The van der Waals surface area contributed by atoms with Crippen molar-refractivity contribution in [2.45, 2.75) is 33.7 Å². The van der Waals surface area contributed by atoms with Crippen molar-refractivity contribution in [1.82, 2.24) is 10.3 Å². The van der Waals surface area contributed by atoms with Gasteiger partial charge in [0.05, 0.1) is 6.61 Å². The molecule has 1 aromatic heterocycles. The highest BCUT2D eigenvalue weighted by molar-refractivity contribution is 5.32. The fourth-order valence-corrected chi connectivity index (χ4v) is 1.43. The van der Waals surface area contributed by atoms with Crippen molar-refractivity contribution in [1.29, 1.82) is 0 Å². The van der Waals surface area contributed by atoms with Crippen molar-refractivity contribution in [3.05, 3.63) is 23.5 Å². The Morgan fingerprint density at radius 2 is 2.19 bits per heavy atom. The first kappa shape index (κ1) is 13.0. The molecule has 0 unspecified atom stereocenters. The van der Waals surface area contributed by atoms with Gasteiger partial charge < -0.3 is 10.1 Å². The number of nitrogens with one attached hydrogen (secondary N) is 1. The van der Waals surface area contributed by atoms with Crippen LogP contribution in [-0.2, 0) is 6.54 Å². The van der Waals surface area contributed by atoms with Crippen LogP contribution in [0.5, 0.6) is 5.75 Å². The van der Waals surface area contributed by atoms with Crippen LogP contribution in [0.1, 0.15) is 31.5 Å². The van der Waals surface area contributed by atoms with Crippen molar-refractivity contribution in [3.63, 3.8) is 0 Å². The second kappa shape index (κ2) is 6.48. The second-order valence-electron chi connectivity index (χ2n) is 4.49. The van der Waals surface area contributed by atoms with Crippen LogP contribution in [0.2, 0.25) is 0 Å². The summed E-state index contributed by atoms with van der Waals surface area (Å²) < 4.78 is 5.80. The van der Waals surface area contributed by atoms with Gasteiger partial charge in [0, 0.05) is 30.1 Å². The lowest BCUT2D eigenvalue weighted by Gasteiger charge is -2.12. The number of pyridine rings is 1. The molecular weight excluding hydrogens is 200 g/mol. The van der Waals surface area contributed by atoms with Gasteiger partial charge in [0.1, 0.15) is 5.75 Å². The van der Waals surface area contributed by atoms with E-state index in [4.69, 9.17) is 4.74 Å². The molecule has 0 aliphatic rings. The van der Waals surface area contributed by atoms with Gasteiger partial charge in [0.2, 0.25) is 0 Å². The number of ether oxygens (including phenoxy) is 1. The van der Waals surface area contributed by atoms with E-state index in [1.165, 1.54) is 0 Å². The Bertz CT molecular complexity index is 324. The monoisotopic (exact) mass is 222 g/mol. The van der Waals surface area contributed by atoms with Gasteiger partial charge in [0.25, 0.3) is 0 Å². The SMILES string of the molecule is CNCc1cnc(C)cc1OCCC(C)C. The van der Waals surface area contributed by atoms with E-state index in [-0.39, 0.29) is 0 Å². The molecule has 1 aromatic rings. The molecule has 0 radical (unpaired) electrons. The maximum Gasteiger partial charge on any atom is 0.127 e. The quantitative estimate of drug-likeness (QED) is 0.803. The van der Waals surface area contributed by atoms with Gasteiger partial charge in [-0.15, -0.1) is 0 Å². The minimum atomic E-state index is 0.677. The first-order valence-electron chi connectivity index (χ1n) is 5.86. The van der Waals surface area contributed by atoms with Gasteiger partial charge in [-0.05, 0) is 26.3 Å². The van der Waals surface area contributed by atoms with Gasteiger partial charge in [-0.25, -0.2) is 0 Å². The van der Waals surface area contributed by atoms with Crippen molar-refractivity contribution >= 4 is 0 Å². The molecule has 0 atom stereocenters. The van der Waals surface area contributed by atoms with Gasteiger partial charge in [-0.2, -0.15) is 0 Å². The van der Waals surface area contributed by atoms with E-state index in [0.29, 0.717) is 5.92 Å². The predicted molar refractivity (Wildman–Crippen MR) is 66.7 cm³/mol. The number of aromatic nitrogens is 1. The summed E-state index contributed by atoms with van der Waals surface area (Å²) in [7, 11) is 1.93. The molecule has 0 aromatic carbocycles. The van der Waals surface area contributed by atoms with Crippen LogP contribution in [0.15, 0.2) is 12.3 Å². The fourth-order valence-electron chi connectivity index (χ4n) is 1.43. The van der Waals surface area contributed by atoms with Crippen LogP contribution in [0.4, 0.5) is 0 Å². The highest BCUT2D eigenvalue weighted by Gasteiger charge is 2.04. The van der Waals surface area contributed by atoms with Gasteiger partial charge >= 0.3 is 0 Å². The molecule has 1 N–H and O–H groups in total. The van der Waals surface area contributed by atoms with E-state index < -0.39 is 0 Å². The summed E-state index contributed by atoms with van der Waals surface area (Å²) in [5.41, 5.74) is 2.12. The van der Waals surface area contributed by atoms with Crippen LogP contribution in [0.25, 0.3) is 0 Å². The lowest BCUT2D eigenvalue weighted by molar-refractivity contribution is 0.286. The summed E-state index contributed by atoms with van der Waals surface area (Å²) in [6.45, 7) is 7.96. The minimum Gasteiger partial charge on any atom is -0.493 e. The largest absolute Gasteiger partial charge is 0.493 e. The molecule has 0 aliphatic heterocycles. The molecule has 3 heteroatoms. The maximum absolute atomic E-state index is 5.80.